The Bertz CT molecular complexity index is 1140. The molecule has 33 heavy (non-hydrogen) atoms. The lowest BCUT2D eigenvalue weighted by atomic mass is 9.82. The van der Waals surface area contributed by atoms with Crippen molar-refractivity contribution in [2.24, 2.45) is 11.8 Å². The molecule has 172 valence electrons. The Labute approximate surface area is 193 Å². The lowest BCUT2D eigenvalue weighted by Gasteiger charge is -2.28. The van der Waals surface area contributed by atoms with Crippen LogP contribution in [0.3, 0.4) is 0 Å². The minimum atomic E-state index is 0.0143. The predicted octanol–water partition coefficient (Wildman–Crippen LogP) is 4.84. The van der Waals surface area contributed by atoms with Gasteiger partial charge in [0.1, 0.15) is 24.7 Å². The molecule has 1 N–H and O–H groups in total. The summed E-state index contributed by atoms with van der Waals surface area (Å²) in [6.07, 6.45) is 5.41. The Kier molecular flexibility index (Phi) is 6.19. The van der Waals surface area contributed by atoms with Gasteiger partial charge in [-0.25, -0.2) is 0 Å². The summed E-state index contributed by atoms with van der Waals surface area (Å²) in [5, 5.41) is 3.99. The largest absolute Gasteiger partial charge is 0.497 e. The molecule has 1 amide bonds. The molecule has 7 heteroatoms. The number of anilines is 1. The number of hydrogen-bond acceptors (Lipinski definition) is 6. The van der Waals surface area contributed by atoms with E-state index in [9.17, 15) is 4.79 Å². The monoisotopic (exact) mass is 448 g/mol. The highest BCUT2D eigenvalue weighted by molar-refractivity contribution is 5.93. The fourth-order valence-electron chi connectivity index (χ4n) is 4.52. The minimum absolute atomic E-state index is 0.0143. The van der Waals surface area contributed by atoms with Crippen LogP contribution in [0, 0.1) is 11.8 Å². The fourth-order valence-corrected chi connectivity index (χ4v) is 4.52. The first-order valence-electron chi connectivity index (χ1n) is 11.5. The normalized spacial score (nSPS) is 19.7. The molecular formula is C26H28N2O5. The summed E-state index contributed by atoms with van der Waals surface area (Å²) in [6.45, 7) is 1.71. The fraction of sp³-hybridized carbons (Fsp3) is 0.385. The lowest BCUT2D eigenvalue weighted by Crippen LogP contribution is -2.29. The molecule has 0 saturated heterocycles. The van der Waals surface area contributed by atoms with Crippen molar-refractivity contribution in [3.05, 3.63) is 48.7 Å². The van der Waals surface area contributed by atoms with Crippen LogP contribution in [0.1, 0.15) is 25.7 Å². The number of methoxy groups -OCH3 is 1. The third-order valence-corrected chi connectivity index (χ3v) is 6.41. The van der Waals surface area contributed by atoms with Crippen molar-refractivity contribution < 1.29 is 23.7 Å². The van der Waals surface area contributed by atoms with E-state index in [-0.39, 0.29) is 11.8 Å². The van der Waals surface area contributed by atoms with Gasteiger partial charge in [-0.05, 0) is 68.0 Å². The zero-order valence-electron chi connectivity index (χ0n) is 18.7. The van der Waals surface area contributed by atoms with Gasteiger partial charge in [0.05, 0.1) is 19.2 Å². The van der Waals surface area contributed by atoms with Crippen molar-refractivity contribution in [3.63, 3.8) is 0 Å². The Morgan fingerprint density at radius 3 is 2.67 bits per heavy atom. The van der Waals surface area contributed by atoms with E-state index in [1.54, 1.807) is 13.3 Å². The Morgan fingerprint density at radius 2 is 1.85 bits per heavy atom. The Morgan fingerprint density at radius 1 is 1.03 bits per heavy atom. The molecule has 2 aliphatic rings. The number of amides is 1. The molecule has 1 fully saturated rings. The van der Waals surface area contributed by atoms with E-state index in [4.69, 9.17) is 18.9 Å². The smallest absolute Gasteiger partial charge is 0.227 e. The van der Waals surface area contributed by atoms with Crippen LogP contribution >= 0.6 is 0 Å². The van der Waals surface area contributed by atoms with Gasteiger partial charge in [0, 0.05) is 29.3 Å². The van der Waals surface area contributed by atoms with Crippen molar-refractivity contribution in [2.45, 2.75) is 25.7 Å². The second-order valence-electron chi connectivity index (χ2n) is 8.57. The van der Waals surface area contributed by atoms with Gasteiger partial charge in [-0.15, -0.1) is 0 Å². The van der Waals surface area contributed by atoms with Gasteiger partial charge in [-0.2, -0.15) is 0 Å². The zero-order chi connectivity index (χ0) is 22.6. The van der Waals surface area contributed by atoms with Crippen molar-refractivity contribution >= 4 is 22.5 Å². The third kappa shape index (κ3) is 4.82. The number of fused-ring (bicyclic) bond motifs is 2. The molecule has 1 saturated carbocycles. The highest BCUT2D eigenvalue weighted by Gasteiger charge is 2.27. The van der Waals surface area contributed by atoms with Crippen LogP contribution in [-0.2, 0) is 4.79 Å². The first-order chi connectivity index (χ1) is 16.2. The quantitative estimate of drug-likeness (QED) is 0.581. The van der Waals surface area contributed by atoms with Gasteiger partial charge >= 0.3 is 0 Å². The number of pyridine rings is 1. The number of ether oxygens (including phenoxy) is 4. The number of benzene rings is 2. The Hall–Kier alpha value is -3.48. The van der Waals surface area contributed by atoms with E-state index >= 15 is 0 Å². The van der Waals surface area contributed by atoms with Crippen molar-refractivity contribution in [1.82, 2.24) is 4.98 Å². The van der Waals surface area contributed by atoms with Gasteiger partial charge in [-0.1, -0.05) is 0 Å². The zero-order valence-corrected chi connectivity index (χ0v) is 18.7. The summed E-state index contributed by atoms with van der Waals surface area (Å²) in [6, 6.07) is 13.2. The third-order valence-electron chi connectivity index (χ3n) is 6.41. The van der Waals surface area contributed by atoms with Gasteiger partial charge in [0.25, 0.3) is 0 Å². The summed E-state index contributed by atoms with van der Waals surface area (Å²) in [5.74, 6) is 3.51. The molecule has 2 heterocycles. The Balaban J connectivity index is 1.14. The molecule has 3 aromatic rings. The van der Waals surface area contributed by atoms with Crippen LogP contribution in [0.5, 0.6) is 23.0 Å². The van der Waals surface area contributed by atoms with Crippen LogP contribution in [0.25, 0.3) is 10.9 Å². The van der Waals surface area contributed by atoms with Crippen LogP contribution < -0.4 is 24.3 Å². The summed E-state index contributed by atoms with van der Waals surface area (Å²) in [7, 11) is 1.65. The average Bonchev–Trinajstić information content (AvgIpc) is 2.87. The van der Waals surface area contributed by atoms with Crippen LogP contribution in [-0.4, -0.2) is 37.8 Å². The number of hydrogen-bond donors (Lipinski definition) is 1. The maximum absolute atomic E-state index is 12.8. The molecule has 0 radical (unpaired) electrons. The molecule has 0 unspecified atom stereocenters. The standard InChI is InChI=1S/C26H28N2O5/c1-30-20-7-8-22-21(15-20)23(10-11-27-22)33-16-17-2-4-18(5-3-17)26(29)28-19-6-9-24-25(14-19)32-13-12-31-24/h6-11,14-15,17-18H,2-5,12-13,16H2,1H3,(H,28,29)/t17-,18-. The molecule has 0 spiro atoms. The number of carbonyl (C=O) groups is 1. The number of nitrogens with one attached hydrogen (secondary N) is 1. The highest BCUT2D eigenvalue weighted by Crippen LogP contribution is 2.35. The molecule has 1 aromatic heterocycles. The second kappa shape index (κ2) is 9.57. The van der Waals surface area contributed by atoms with E-state index in [2.05, 4.69) is 10.3 Å². The van der Waals surface area contributed by atoms with E-state index < -0.39 is 0 Å². The molecule has 1 aliphatic heterocycles. The topological polar surface area (TPSA) is 78.9 Å². The van der Waals surface area contributed by atoms with E-state index in [0.29, 0.717) is 31.5 Å². The first kappa shape index (κ1) is 21.4. The first-order valence-corrected chi connectivity index (χ1v) is 11.5. The maximum Gasteiger partial charge on any atom is 0.227 e. The van der Waals surface area contributed by atoms with Crippen molar-refractivity contribution in [1.29, 1.82) is 0 Å². The van der Waals surface area contributed by atoms with Gasteiger partial charge in [0.2, 0.25) is 5.91 Å². The summed E-state index contributed by atoms with van der Waals surface area (Å²) >= 11 is 0. The van der Waals surface area contributed by atoms with E-state index in [1.807, 2.05) is 42.5 Å². The number of aromatic nitrogens is 1. The number of carbonyl (C=O) groups excluding carboxylic acids is 1. The predicted molar refractivity (Wildman–Crippen MR) is 125 cm³/mol. The van der Waals surface area contributed by atoms with Crippen molar-refractivity contribution in [3.8, 4) is 23.0 Å². The lowest BCUT2D eigenvalue weighted by molar-refractivity contribution is -0.121. The van der Waals surface area contributed by atoms with Crippen LogP contribution in [0.4, 0.5) is 5.69 Å². The molecule has 0 atom stereocenters. The molecule has 2 aromatic carbocycles. The molecule has 0 bridgehead atoms. The maximum atomic E-state index is 12.8. The van der Waals surface area contributed by atoms with Gasteiger partial charge in [0.15, 0.2) is 11.5 Å². The molecule has 1 aliphatic carbocycles. The number of rotatable bonds is 6. The average molecular weight is 449 g/mol. The molecule has 5 rings (SSSR count). The minimum Gasteiger partial charge on any atom is -0.497 e. The van der Waals surface area contributed by atoms with Crippen LogP contribution in [0.15, 0.2) is 48.7 Å². The molecule has 7 nitrogen and oxygen atoms in total. The van der Waals surface area contributed by atoms with Crippen molar-refractivity contribution in [2.75, 3.05) is 32.2 Å². The summed E-state index contributed by atoms with van der Waals surface area (Å²) in [4.78, 5) is 17.2. The van der Waals surface area contributed by atoms with E-state index in [0.717, 1.165) is 59.5 Å². The van der Waals surface area contributed by atoms with Gasteiger partial charge < -0.3 is 24.3 Å². The highest BCUT2D eigenvalue weighted by atomic mass is 16.6. The van der Waals surface area contributed by atoms with E-state index in [1.165, 1.54) is 0 Å². The van der Waals surface area contributed by atoms with Gasteiger partial charge in [-0.3, -0.25) is 9.78 Å². The summed E-state index contributed by atoms with van der Waals surface area (Å²) in [5.41, 5.74) is 1.63. The van der Waals surface area contributed by atoms with Crippen LogP contribution in [0.2, 0.25) is 0 Å². The molecular weight excluding hydrogens is 420 g/mol. The number of nitrogens with zero attached hydrogens (tertiary/aromatic N) is 1. The second-order valence-corrected chi connectivity index (χ2v) is 8.57. The SMILES string of the molecule is COc1ccc2nccc(OC[C@H]3CC[C@H](C(=O)Nc4ccc5c(c4)OCCO5)CC3)c2c1. The summed E-state index contributed by atoms with van der Waals surface area (Å²) < 4.78 is 22.7.